The van der Waals surface area contributed by atoms with Gasteiger partial charge in [0.15, 0.2) is 5.82 Å². The number of nitrogens with zero attached hydrogens (tertiary/aromatic N) is 2. The zero-order valence-corrected chi connectivity index (χ0v) is 18.7. The van der Waals surface area contributed by atoms with Gasteiger partial charge in [0.05, 0.1) is 5.69 Å². The van der Waals surface area contributed by atoms with Gasteiger partial charge < -0.3 is 27.6 Å². The highest BCUT2D eigenvalue weighted by Gasteiger charge is 2.16. The lowest BCUT2D eigenvalue weighted by Crippen LogP contribution is -2.27. The van der Waals surface area contributed by atoms with Crippen molar-refractivity contribution in [1.29, 1.82) is 5.41 Å². The van der Waals surface area contributed by atoms with Crippen LogP contribution in [0.2, 0.25) is 0 Å². The maximum absolute atomic E-state index is 7.74. The van der Waals surface area contributed by atoms with E-state index in [1.165, 1.54) is 29.5 Å². The van der Waals surface area contributed by atoms with Gasteiger partial charge in [-0.05, 0) is 65.6 Å². The summed E-state index contributed by atoms with van der Waals surface area (Å²) in [5, 5.41) is 11.0. The van der Waals surface area contributed by atoms with Crippen molar-refractivity contribution in [2.24, 2.45) is 11.8 Å². The van der Waals surface area contributed by atoms with E-state index in [1.54, 1.807) is 6.07 Å². The predicted molar refractivity (Wildman–Crippen MR) is 131 cm³/mol. The van der Waals surface area contributed by atoms with Crippen molar-refractivity contribution in [3.05, 3.63) is 53.2 Å². The number of hydrogen-bond acceptors (Lipinski definition) is 9. The second-order valence-electron chi connectivity index (χ2n) is 7.88. The average molecular weight is 441 g/mol. The number of nitrogens with one attached hydrogen (secondary N) is 3. The molecule has 0 unspecified atom stereocenters. The summed E-state index contributed by atoms with van der Waals surface area (Å²) in [6.07, 6.45) is 6.13. The highest BCUT2D eigenvalue weighted by molar-refractivity contribution is 7.97. The molecule has 0 aliphatic carbocycles. The molecule has 0 atom stereocenters. The molecule has 0 amide bonds. The van der Waals surface area contributed by atoms with Crippen LogP contribution in [0.3, 0.4) is 0 Å². The fraction of sp³-hybridized carbons (Fsp3) is 0.364. The number of aromatic nitrogens is 1. The van der Waals surface area contributed by atoms with Gasteiger partial charge in [0, 0.05) is 43.4 Å². The number of nitrogens with two attached hydrogens (primary N) is 3. The predicted octanol–water partition coefficient (Wildman–Crippen LogP) is 3.14. The first-order valence-corrected chi connectivity index (χ1v) is 11.2. The fourth-order valence-electron chi connectivity index (χ4n) is 3.49. The summed E-state index contributed by atoms with van der Waals surface area (Å²) in [4.78, 5) is 5.32. The van der Waals surface area contributed by atoms with Gasteiger partial charge in [-0.2, -0.15) is 0 Å². The quantitative estimate of drug-likeness (QED) is 0.151. The Balaban J connectivity index is 1.59. The lowest BCUT2D eigenvalue weighted by atomic mass is 10.0. The fourth-order valence-corrected chi connectivity index (χ4v) is 4.52. The van der Waals surface area contributed by atoms with Gasteiger partial charge in [-0.15, -0.1) is 0 Å². The molecule has 1 fully saturated rings. The molecule has 1 aliphatic rings. The van der Waals surface area contributed by atoms with Crippen LogP contribution in [0.5, 0.6) is 0 Å². The molecule has 166 valence electrons. The number of pyridine rings is 1. The minimum atomic E-state index is 0.326. The number of rotatable bonds is 9. The number of piperidine rings is 1. The third kappa shape index (κ3) is 6.61. The highest BCUT2D eigenvalue weighted by atomic mass is 32.2. The lowest BCUT2D eigenvalue weighted by molar-refractivity contribution is 0.308. The molecule has 2 heterocycles. The second-order valence-corrected chi connectivity index (χ2v) is 9.05. The van der Waals surface area contributed by atoms with Gasteiger partial charge in [0.25, 0.3) is 0 Å². The molecule has 2 aromatic rings. The zero-order chi connectivity index (χ0) is 22.2. The van der Waals surface area contributed by atoms with E-state index in [9.17, 15) is 0 Å². The topological polar surface area (TPSA) is 142 Å². The molecule has 31 heavy (non-hydrogen) atoms. The summed E-state index contributed by atoms with van der Waals surface area (Å²) in [6.45, 7) is 5.29. The Labute approximate surface area is 188 Å². The molecule has 0 bridgehead atoms. The van der Waals surface area contributed by atoms with E-state index in [0.717, 1.165) is 30.1 Å². The molecule has 1 aromatic carbocycles. The van der Waals surface area contributed by atoms with Crippen LogP contribution in [-0.2, 0) is 13.0 Å². The van der Waals surface area contributed by atoms with Crippen molar-refractivity contribution in [2.45, 2.75) is 37.6 Å². The standard InChI is InChI=1S/C22H32N8S/c1-15-5-7-30(8-6-15)31-19-4-2-3-16(10-19)13-27-14-17(12-23)9-18-11-20(24)28-22(29-26)21(18)25/h2-4,10-12,14-15,23,27H,5-9,13,25-26H2,1H3,(H3,24,28,29)/b17-14-,23-12?. The first-order chi connectivity index (χ1) is 15.0. The number of anilines is 3. The molecule has 0 radical (unpaired) electrons. The van der Waals surface area contributed by atoms with Gasteiger partial charge in [0.2, 0.25) is 0 Å². The van der Waals surface area contributed by atoms with Gasteiger partial charge >= 0.3 is 0 Å². The Hall–Kier alpha value is -2.75. The Morgan fingerprint density at radius 1 is 1.29 bits per heavy atom. The van der Waals surface area contributed by atoms with Crippen LogP contribution in [0.1, 0.15) is 30.9 Å². The van der Waals surface area contributed by atoms with E-state index in [2.05, 4.69) is 51.2 Å². The van der Waals surface area contributed by atoms with Crippen molar-refractivity contribution in [2.75, 3.05) is 30.0 Å². The summed E-state index contributed by atoms with van der Waals surface area (Å²) >= 11 is 1.84. The summed E-state index contributed by atoms with van der Waals surface area (Å²) in [5.74, 6) is 6.95. The second kappa shape index (κ2) is 11.0. The average Bonchev–Trinajstić information content (AvgIpc) is 2.77. The van der Waals surface area contributed by atoms with E-state index in [1.807, 2.05) is 18.1 Å². The molecule has 9 heteroatoms. The van der Waals surface area contributed by atoms with Crippen LogP contribution < -0.4 is 28.1 Å². The van der Waals surface area contributed by atoms with Crippen LogP contribution in [0.4, 0.5) is 17.3 Å². The maximum atomic E-state index is 7.74. The molecule has 3 rings (SSSR count). The third-order valence-corrected chi connectivity index (χ3v) is 6.44. The van der Waals surface area contributed by atoms with Crippen molar-refractivity contribution in [1.82, 2.24) is 14.6 Å². The Morgan fingerprint density at radius 3 is 2.77 bits per heavy atom. The molecule has 1 aliphatic heterocycles. The minimum absolute atomic E-state index is 0.326. The van der Waals surface area contributed by atoms with Gasteiger partial charge in [-0.25, -0.2) is 15.1 Å². The zero-order valence-electron chi connectivity index (χ0n) is 17.9. The number of hydrogen-bond donors (Lipinski definition) is 6. The Morgan fingerprint density at radius 2 is 2.06 bits per heavy atom. The first kappa shape index (κ1) is 22.9. The van der Waals surface area contributed by atoms with Crippen LogP contribution in [0, 0.1) is 11.3 Å². The molecule has 1 aromatic heterocycles. The number of hydrazine groups is 1. The van der Waals surface area contributed by atoms with Crippen LogP contribution in [0.15, 0.2) is 47.0 Å². The highest BCUT2D eigenvalue weighted by Crippen LogP contribution is 2.28. The molecule has 1 saturated heterocycles. The summed E-state index contributed by atoms with van der Waals surface area (Å²) < 4.78 is 2.45. The molecule has 8 nitrogen and oxygen atoms in total. The van der Waals surface area contributed by atoms with Crippen molar-refractivity contribution in [3.8, 4) is 0 Å². The van der Waals surface area contributed by atoms with Gasteiger partial charge in [0.1, 0.15) is 5.82 Å². The van der Waals surface area contributed by atoms with Gasteiger partial charge in [-0.1, -0.05) is 19.1 Å². The van der Waals surface area contributed by atoms with E-state index < -0.39 is 0 Å². The SMILES string of the molecule is CC1CCN(Sc2cccc(CN/C=C(\C=N)Cc3cc(N)nc(NN)c3N)c2)CC1. The van der Waals surface area contributed by atoms with Crippen LogP contribution in [0.25, 0.3) is 0 Å². The number of benzene rings is 1. The van der Waals surface area contributed by atoms with Crippen LogP contribution in [-0.4, -0.2) is 28.6 Å². The monoisotopic (exact) mass is 440 g/mol. The first-order valence-electron chi connectivity index (χ1n) is 10.4. The maximum Gasteiger partial charge on any atom is 0.165 e. The Kier molecular flexibility index (Phi) is 8.16. The molecule has 9 N–H and O–H groups in total. The van der Waals surface area contributed by atoms with Crippen LogP contribution >= 0.6 is 11.9 Å². The van der Waals surface area contributed by atoms with Crippen molar-refractivity contribution in [3.63, 3.8) is 0 Å². The minimum Gasteiger partial charge on any atom is -0.395 e. The molecule has 0 spiro atoms. The molecular formula is C22H32N8S. The van der Waals surface area contributed by atoms with E-state index in [-0.39, 0.29) is 0 Å². The van der Waals surface area contributed by atoms with Gasteiger partial charge in [-0.3, -0.25) is 0 Å². The van der Waals surface area contributed by atoms with Crippen molar-refractivity contribution < 1.29 is 0 Å². The third-order valence-electron chi connectivity index (χ3n) is 5.35. The van der Waals surface area contributed by atoms with E-state index in [4.69, 9.17) is 22.7 Å². The normalized spacial score (nSPS) is 15.6. The smallest absolute Gasteiger partial charge is 0.165 e. The number of nitrogen functional groups attached to an aromatic ring is 3. The lowest BCUT2D eigenvalue weighted by Gasteiger charge is -2.29. The molecular weight excluding hydrogens is 408 g/mol. The summed E-state index contributed by atoms with van der Waals surface area (Å²) in [5.41, 5.74) is 17.5. The summed E-state index contributed by atoms with van der Waals surface area (Å²) in [7, 11) is 0. The number of allylic oxidation sites excluding steroid dienone is 1. The summed E-state index contributed by atoms with van der Waals surface area (Å²) in [6, 6.07) is 10.3. The van der Waals surface area contributed by atoms with Crippen molar-refractivity contribution >= 4 is 35.5 Å². The molecule has 0 saturated carbocycles. The largest absolute Gasteiger partial charge is 0.395 e. The van der Waals surface area contributed by atoms with E-state index in [0.29, 0.717) is 30.3 Å². The van der Waals surface area contributed by atoms with E-state index >= 15 is 0 Å². The Bertz CT molecular complexity index is 922.